The van der Waals surface area contributed by atoms with Crippen LogP contribution in [-0.4, -0.2) is 33.4 Å². The quantitative estimate of drug-likeness (QED) is 0.476. The van der Waals surface area contributed by atoms with Crippen LogP contribution >= 0.6 is 11.8 Å². The minimum atomic E-state index is -0.114. The van der Waals surface area contributed by atoms with E-state index in [4.69, 9.17) is 4.74 Å². The van der Waals surface area contributed by atoms with Crippen molar-refractivity contribution in [3.05, 3.63) is 24.5 Å². The fraction of sp³-hybridized carbons (Fsp3) is 0.462. The average Bonchev–Trinajstić information content (AvgIpc) is 3.02. The maximum absolute atomic E-state index is 11.4. The highest BCUT2D eigenvalue weighted by atomic mass is 32.2. The number of carbonyl (C=O) groups is 1. The summed E-state index contributed by atoms with van der Waals surface area (Å²) in [6.45, 7) is 0. The van der Waals surface area contributed by atoms with Crippen molar-refractivity contribution in [2.75, 3.05) is 12.9 Å². The summed E-state index contributed by atoms with van der Waals surface area (Å²) in [5.74, 6) is 0.802. The van der Waals surface area contributed by atoms with Crippen molar-refractivity contribution in [1.82, 2.24) is 14.6 Å². The van der Waals surface area contributed by atoms with E-state index in [0.29, 0.717) is 6.42 Å². The minimum Gasteiger partial charge on any atom is -0.469 e. The number of aromatic nitrogens is 3. The second-order valence-electron chi connectivity index (χ2n) is 4.94. The lowest BCUT2D eigenvalue weighted by molar-refractivity contribution is -0.141. The predicted molar refractivity (Wildman–Crippen MR) is 72.0 cm³/mol. The van der Waals surface area contributed by atoms with Crippen LogP contribution in [0.25, 0.3) is 5.65 Å². The first-order chi connectivity index (χ1) is 9.21. The van der Waals surface area contributed by atoms with Gasteiger partial charge in [-0.15, -0.1) is 11.8 Å². The van der Waals surface area contributed by atoms with Crippen LogP contribution in [0.1, 0.15) is 19.3 Å². The highest BCUT2D eigenvalue weighted by molar-refractivity contribution is 7.99. The Bertz CT molecular complexity index is 607. The largest absolute Gasteiger partial charge is 0.469 e. The molecule has 19 heavy (non-hydrogen) atoms. The zero-order valence-corrected chi connectivity index (χ0v) is 11.5. The van der Waals surface area contributed by atoms with Gasteiger partial charge < -0.3 is 4.74 Å². The number of nitrogens with zero attached hydrogens (tertiary/aromatic N) is 3. The predicted octanol–water partition coefficient (Wildman–Crippen LogP) is 2.16. The average molecular weight is 277 g/mol. The molecule has 6 heteroatoms. The van der Waals surface area contributed by atoms with E-state index in [0.717, 1.165) is 29.3 Å². The molecule has 0 unspecified atom stereocenters. The molecule has 1 fully saturated rings. The van der Waals surface area contributed by atoms with Crippen LogP contribution in [0, 0.1) is 5.41 Å². The standard InChI is InChI=1S/C13H15N3O2S/c1-18-12(17)8-13(4-5-13)9-19-11-3-7-16-10(15-11)2-6-14-16/h2-3,6-7H,4-5,8-9H2,1H3. The molecule has 100 valence electrons. The molecule has 5 nitrogen and oxygen atoms in total. The third-order valence-corrected chi connectivity index (χ3v) is 4.74. The number of rotatable bonds is 5. The Morgan fingerprint density at radius 1 is 1.53 bits per heavy atom. The smallest absolute Gasteiger partial charge is 0.306 e. The molecule has 0 N–H and O–H groups in total. The van der Waals surface area contributed by atoms with Gasteiger partial charge in [-0.3, -0.25) is 4.79 Å². The van der Waals surface area contributed by atoms with Gasteiger partial charge in [-0.2, -0.15) is 5.10 Å². The van der Waals surface area contributed by atoms with Crippen LogP contribution in [0.4, 0.5) is 0 Å². The van der Waals surface area contributed by atoms with Crippen molar-refractivity contribution in [2.45, 2.75) is 24.3 Å². The molecule has 1 saturated carbocycles. The molecular weight excluding hydrogens is 262 g/mol. The molecule has 1 aliphatic rings. The summed E-state index contributed by atoms with van der Waals surface area (Å²) in [5.41, 5.74) is 0.981. The summed E-state index contributed by atoms with van der Waals surface area (Å²) in [7, 11) is 1.45. The molecule has 0 saturated heterocycles. The van der Waals surface area contributed by atoms with Gasteiger partial charge in [-0.1, -0.05) is 0 Å². The zero-order chi connectivity index (χ0) is 13.3. The molecule has 2 aromatic heterocycles. The van der Waals surface area contributed by atoms with Crippen LogP contribution in [-0.2, 0) is 9.53 Å². The van der Waals surface area contributed by atoms with Gasteiger partial charge in [0, 0.05) is 18.0 Å². The van der Waals surface area contributed by atoms with Gasteiger partial charge in [0.15, 0.2) is 5.65 Å². The Balaban J connectivity index is 1.64. The lowest BCUT2D eigenvalue weighted by Crippen LogP contribution is -2.13. The minimum absolute atomic E-state index is 0.114. The lowest BCUT2D eigenvalue weighted by Gasteiger charge is -2.12. The number of thioether (sulfide) groups is 1. The van der Waals surface area contributed by atoms with Crippen molar-refractivity contribution in [3.8, 4) is 0 Å². The molecule has 0 aromatic carbocycles. The molecule has 1 aliphatic carbocycles. The maximum atomic E-state index is 11.4. The number of ether oxygens (including phenoxy) is 1. The number of hydrogen-bond donors (Lipinski definition) is 0. The fourth-order valence-electron chi connectivity index (χ4n) is 2.03. The van der Waals surface area contributed by atoms with Crippen LogP contribution in [0.2, 0.25) is 0 Å². The second-order valence-corrected chi connectivity index (χ2v) is 5.94. The van der Waals surface area contributed by atoms with Gasteiger partial charge in [0.25, 0.3) is 0 Å². The summed E-state index contributed by atoms with van der Waals surface area (Å²) in [6, 6.07) is 3.84. The summed E-state index contributed by atoms with van der Waals surface area (Å²) in [5, 5.41) is 5.09. The molecule has 0 atom stereocenters. The van der Waals surface area contributed by atoms with E-state index in [-0.39, 0.29) is 11.4 Å². The summed E-state index contributed by atoms with van der Waals surface area (Å²) in [4.78, 5) is 15.9. The van der Waals surface area contributed by atoms with Crippen molar-refractivity contribution in [3.63, 3.8) is 0 Å². The SMILES string of the molecule is COC(=O)CC1(CSc2ccn3nccc3n2)CC1. The van der Waals surface area contributed by atoms with Crippen LogP contribution < -0.4 is 0 Å². The zero-order valence-electron chi connectivity index (χ0n) is 10.7. The van der Waals surface area contributed by atoms with Crippen molar-refractivity contribution in [1.29, 1.82) is 0 Å². The first-order valence-corrected chi connectivity index (χ1v) is 7.19. The summed E-state index contributed by atoms with van der Waals surface area (Å²) >= 11 is 1.70. The van der Waals surface area contributed by atoms with Gasteiger partial charge in [-0.25, -0.2) is 9.50 Å². The van der Waals surface area contributed by atoms with Crippen molar-refractivity contribution in [2.24, 2.45) is 5.41 Å². The molecule has 0 aliphatic heterocycles. The van der Waals surface area contributed by atoms with Gasteiger partial charge in [-0.05, 0) is 24.3 Å². The molecule has 2 heterocycles. The van der Waals surface area contributed by atoms with E-state index in [1.165, 1.54) is 7.11 Å². The van der Waals surface area contributed by atoms with Crippen LogP contribution in [0.15, 0.2) is 29.6 Å². The number of carbonyl (C=O) groups excluding carboxylic acids is 1. The monoisotopic (exact) mass is 277 g/mol. The van der Waals surface area contributed by atoms with Gasteiger partial charge >= 0.3 is 5.97 Å². The van der Waals surface area contributed by atoms with E-state index in [9.17, 15) is 4.79 Å². The topological polar surface area (TPSA) is 56.5 Å². The van der Waals surface area contributed by atoms with Gasteiger partial charge in [0.05, 0.1) is 19.7 Å². The third-order valence-electron chi connectivity index (χ3n) is 3.46. The first-order valence-electron chi connectivity index (χ1n) is 6.21. The molecule has 0 amide bonds. The normalized spacial score (nSPS) is 16.5. The number of fused-ring (bicyclic) bond motifs is 1. The molecule has 0 bridgehead atoms. The lowest BCUT2D eigenvalue weighted by atomic mass is 10.1. The molecule has 0 spiro atoms. The van der Waals surface area contributed by atoms with Crippen molar-refractivity contribution < 1.29 is 9.53 Å². The fourth-order valence-corrected chi connectivity index (χ4v) is 3.19. The summed E-state index contributed by atoms with van der Waals surface area (Å²) < 4.78 is 6.49. The van der Waals surface area contributed by atoms with Crippen LogP contribution in [0.5, 0.6) is 0 Å². The molecule has 0 radical (unpaired) electrons. The Labute approximate surface area is 115 Å². The van der Waals surface area contributed by atoms with E-state index < -0.39 is 0 Å². The van der Waals surface area contributed by atoms with E-state index in [2.05, 4.69) is 10.1 Å². The van der Waals surface area contributed by atoms with Gasteiger partial charge in [0.2, 0.25) is 0 Å². The molecule has 3 rings (SSSR count). The van der Waals surface area contributed by atoms with Crippen molar-refractivity contribution >= 4 is 23.4 Å². The number of hydrogen-bond acceptors (Lipinski definition) is 5. The van der Waals surface area contributed by atoms with Crippen LogP contribution in [0.3, 0.4) is 0 Å². The Kier molecular flexibility index (Phi) is 3.18. The second kappa shape index (κ2) is 4.85. The Morgan fingerprint density at radius 2 is 2.37 bits per heavy atom. The van der Waals surface area contributed by atoms with E-state index >= 15 is 0 Å². The highest BCUT2D eigenvalue weighted by Gasteiger charge is 2.44. The Morgan fingerprint density at radius 3 is 3.11 bits per heavy atom. The van der Waals surface area contributed by atoms with E-state index in [1.54, 1.807) is 22.5 Å². The Hall–Kier alpha value is -1.56. The first kappa shape index (κ1) is 12.5. The number of methoxy groups -OCH3 is 1. The highest BCUT2D eigenvalue weighted by Crippen LogP contribution is 2.51. The maximum Gasteiger partial charge on any atom is 0.306 e. The summed E-state index contributed by atoms with van der Waals surface area (Å²) in [6.07, 6.45) is 6.36. The van der Waals surface area contributed by atoms with Gasteiger partial charge in [0.1, 0.15) is 5.03 Å². The number of esters is 1. The third kappa shape index (κ3) is 2.73. The molecule has 2 aromatic rings. The molecular formula is C13H15N3O2S. The van der Waals surface area contributed by atoms with E-state index in [1.807, 2.05) is 18.3 Å².